The van der Waals surface area contributed by atoms with Crippen LogP contribution in [-0.2, 0) is 17.7 Å². The number of aromatic nitrogens is 3. The van der Waals surface area contributed by atoms with Crippen LogP contribution in [0.1, 0.15) is 29.3 Å². The highest BCUT2D eigenvalue weighted by Crippen LogP contribution is 2.45. The SMILES string of the molecule is CN(C(=O)OC1c2ccccc2-c2ccccc21)c1nc(CCCn2ccnc2)cs1. The quantitative estimate of drug-likeness (QED) is 0.416. The summed E-state index contributed by atoms with van der Waals surface area (Å²) < 4.78 is 8.01. The molecule has 156 valence electrons. The van der Waals surface area contributed by atoms with Gasteiger partial charge in [-0.25, -0.2) is 14.8 Å². The number of carbonyl (C=O) groups excluding carboxylic acids is 1. The summed E-state index contributed by atoms with van der Waals surface area (Å²) in [6.45, 7) is 0.894. The Morgan fingerprint density at radius 2 is 1.84 bits per heavy atom. The lowest BCUT2D eigenvalue weighted by Crippen LogP contribution is -2.28. The van der Waals surface area contributed by atoms with Gasteiger partial charge in [0.2, 0.25) is 0 Å². The van der Waals surface area contributed by atoms with Crippen LogP contribution in [0.15, 0.2) is 72.6 Å². The summed E-state index contributed by atoms with van der Waals surface area (Å²) in [4.78, 5) is 23.1. The number of fused-ring (bicyclic) bond motifs is 3. The number of hydrogen-bond acceptors (Lipinski definition) is 5. The van der Waals surface area contributed by atoms with Gasteiger partial charge in [-0.15, -0.1) is 11.3 Å². The molecule has 0 saturated heterocycles. The van der Waals surface area contributed by atoms with Crippen LogP contribution in [0.3, 0.4) is 0 Å². The summed E-state index contributed by atoms with van der Waals surface area (Å²) in [7, 11) is 1.71. The number of benzene rings is 2. The maximum atomic E-state index is 13.0. The van der Waals surface area contributed by atoms with E-state index < -0.39 is 12.2 Å². The zero-order valence-electron chi connectivity index (χ0n) is 17.1. The summed E-state index contributed by atoms with van der Waals surface area (Å²) in [5, 5.41) is 2.65. The molecule has 0 fully saturated rings. The van der Waals surface area contributed by atoms with Gasteiger partial charge in [0.1, 0.15) is 0 Å². The van der Waals surface area contributed by atoms with Gasteiger partial charge in [0.05, 0.1) is 12.0 Å². The predicted octanol–water partition coefficient (Wildman–Crippen LogP) is 5.32. The Labute approximate surface area is 184 Å². The smallest absolute Gasteiger partial charge is 0.416 e. The lowest BCUT2D eigenvalue weighted by molar-refractivity contribution is 0.127. The minimum absolute atomic E-state index is 0.406. The molecule has 2 heterocycles. The van der Waals surface area contributed by atoms with E-state index in [2.05, 4.69) is 22.1 Å². The fourth-order valence-electron chi connectivity index (χ4n) is 3.92. The van der Waals surface area contributed by atoms with Crippen molar-refractivity contribution in [3.05, 3.63) is 89.5 Å². The van der Waals surface area contributed by atoms with Crippen molar-refractivity contribution in [2.24, 2.45) is 0 Å². The first-order valence-electron chi connectivity index (χ1n) is 10.2. The molecule has 2 aromatic heterocycles. The minimum Gasteiger partial charge on any atom is -0.436 e. The number of rotatable bonds is 6. The molecule has 7 heteroatoms. The maximum absolute atomic E-state index is 13.0. The summed E-state index contributed by atoms with van der Waals surface area (Å²) in [5.74, 6) is 0. The lowest BCUT2D eigenvalue weighted by atomic mass is 10.1. The first kappa shape index (κ1) is 19.5. The molecule has 0 N–H and O–H groups in total. The number of hydrogen-bond donors (Lipinski definition) is 0. The van der Waals surface area contributed by atoms with Crippen molar-refractivity contribution >= 4 is 22.6 Å². The molecule has 6 nitrogen and oxygen atoms in total. The maximum Gasteiger partial charge on any atom is 0.416 e. The van der Waals surface area contributed by atoms with Gasteiger partial charge >= 0.3 is 6.09 Å². The van der Waals surface area contributed by atoms with E-state index in [9.17, 15) is 4.79 Å². The molecule has 5 rings (SSSR count). The molecular weight excluding hydrogens is 408 g/mol. The van der Waals surface area contributed by atoms with E-state index in [0.29, 0.717) is 5.13 Å². The fraction of sp³-hybridized carbons (Fsp3) is 0.208. The summed E-state index contributed by atoms with van der Waals surface area (Å²) in [5.41, 5.74) is 5.26. The van der Waals surface area contributed by atoms with Crippen LogP contribution in [0.2, 0.25) is 0 Å². The molecule has 1 aliphatic carbocycles. The number of carbonyl (C=O) groups is 1. The van der Waals surface area contributed by atoms with Crippen LogP contribution in [0.25, 0.3) is 11.1 Å². The highest BCUT2D eigenvalue weighted by molar-refractivity contribution is 7.14. The molecule has 0 spiro atoms. The molecule has 2 aromatic carbocycles. The van der Waals surface area contributed by atoms with E-state index in [4.69, 9.17) is 4.74 Å². The molecule has 1 amide bonds. The number of aryl methyl sites for hydroxylation is 2. The van der Waals surface area contributed by atoms with E-state index in [0.717, 1.165) is 47.3 Å². The number of nitrogens with zero attached hydrogens (tertiary/aromatic N) is 4. The lowest BCUT2D eigenvalue weighted by Gasteiger charge is -2.19. The van der Waals surface area contributed by atoms with Gasteiger partial charge in [0.25, 0.3) is 0 Å². The van der Waals surface area contributed by atoms with Crippen LogP contribution >= 0.6 is 11.3 Å². The Balaban J connectivity index is 1.26. The van der Waals surface area contributed by atoms with Crippen molar-refractivity contribution in [2.45, 2.75) is 25.5 Å². The van der Waals surface area contributed by atoms with Crippen molar-refractivity contribution in [1.29, 1.82) is 0 Å². The molecule has 0 aliphatic heterocycles. The number of thiazole rings is 1. The average Bonchev–Trinajstić information content (AvgIpc) is 3.54. The van der Waals surface area contributed by atoms with Gasteiger partial charge in [0.15, 0.2) is 11.2 Å². The van der Waals surface area contributed by atoms with Crippen LogP contribution in [-0.4, -0.2) is 27.7 Å². The van der Waals surface area contributed by atoms with Crippen LogP contribution in [0, 0.1) is 0 Å². The monoisotopic (exact) mass is 430 g/mol. The van der Waals surface area contributed by atoms with Crippen molar-refractivity contribution in [2.75, 3.05) is 11.9 Å². The Bertz CT molecular complexity index is 1160. The second kappa shape index (κ2) is 8.35. The molecule has 0 unspecified atom stereocenters. The van der Waals surface area contributed by atoms with Gasteiger partial charge in [-0.05, 0) is 24.0 Å². The topological polar surface area (TPSA) is 60.3 Å². The zero-order chi connectivity index (χ0) is 21.2. The third-order valence-corrected chi connectivity index (χ3v) is 6.47. The molecule has 0 radical (unpaired) electrons. The standard InChI is InChI=1S/C24H22N4O2S/c1-27(23-26-17(15-31-23)7-6-13-28-14-12-25-16-28)24(29)30-22-20-10-4-2-8-18(20)19-9-3-5-11-21(19)22/h2-5,8-12,14-16,22H,6-7,13H2,1H3. The van der Waals surface area contributed by atoms with Gasteiger partial charge in [-0.1, -0.05) is 48.5 Å². The van der Waals surface area contributed by atoms with Gasteiger partial charge in [0, 0.05) is 42.5 Å². The van der Waals surface area contributed by atoms with Crippen LogP contribution in [0.4, 0.5) is 9.93 Å². The molecule has 1 aliphatic rings. The average molecular weight is 431 g/mol. The molecule has 0 atom stereocenters. The number of anilines is 1. The number of amides is 1. The Morgan fingerprint density at radius 3 is 2.52 bits per heavy atom. The largest absolute Gasteiger partial charge is 0.436 e. The summed E-state index contributed by atoms with van der Waals surface area (Å²) in [6.07, 6.45) is 6.55. The second-order valence-electron chi connectivity index (χ2n) is 7.52. The highest BCUT2D eigenvalue weighted by atomic mass is 32.1. The molecule has 4 aromatic rings. The third-order valence-electron chi connectivity index (χ3n) is 5.50. The normalized spacial score (nSPS) is 12.4. The van der Waals surface area contributed by atoms with E-state index >= 15 is 0 Å². The summed E-state index contributed by atoms with van der Waals surface area (Å²) in [6, 6.07) is 16.2. The predicted molar refractivity (Wildman–Crippen MR) is 121 cm³/mol. The summed E-state index contributed by atoms with van der Waals surface area (Å²) >= 11 is 1.46. The van der Waals surface area contributed by atoms with E-state index in [1.165, 1.54) is 16.2 Å². The molecule has 31 heavy (non-hydrogen) atoms. The Morgan fingerprint density at radius 1 is 1.13 bits per heavy atom. The Kier molecular flexibility index (Phi) is 5.26. The molecule has 0 bridgehead atoms. The van der Waals surface area contributed by atoms with E-state index in [1.54, 1.807) is 13.2 Å². The van der Waals surface area contributed by atoms with E-state index in [-0.39, 0.29) is 0 Å². The number of imidazole rings is 1. The fourth-order valence-corrected chi connectivity index (χ4v) is 4.74. The zero-order valence-corrected chi connectivity index (χ0v) is 18.0. The first-order chi connectivity index (χ1) is 15.2. The van der Waals surface area contributed by atoms with E-state index in [1.807, 2.05) is 58.9 Å². The van der Waals surface area contributed by atoms with Crippen molar-refractivity contribution in [1.82, 2.24) is 14.5 Å². The molecule has 0 saturated carbocycles. The third kappa shape index (κ3) is 3.84. The minimum atomic E-state index is -0.407. The first-order valence-corrected chi connectivity index (χ1v) is 11.1. The Hall–Kier alpha value is -3.45. The van der Waals surface area contributed by atoms with Crippen LogP contribution in [0.5, 0.6) is 0 Å². The second-order valence-corrected chi connectivity index (χ2v) is 8.36. The van der Waals surface area contributed by atoms with Crippen molar-refractivity contribution in [3.8, 4) is 11.1 Å². The number of ether oxygens (including phenoxy) is 1. The van der Waals surface area contributed by atoms with Gasteiger partial charge in [-0.3, -0.25) is 4.90 Å². The van der Waals surface area contributed by atoms with Gasteiger partial charge < -0.3 is 9.30 Å². The van der Waals surface area contributed by atoms with Gasteiger partial charge in [-0.2, -0.15) is 0 Å². The highest BCUT2D eigenvalue weighted by Gasteiger charge is 2.32. The molecular formula is C24H22N4O2S. The van der Waals surface area contributed by atoms with Crippen molar-refractivity contribution < 1.29 is 9.53 Å². The van der Waals surface area contributed by atoms with Crippen LogP contribution < -0.4 is 4.90 Å². The van der Waals surface area contributed by atoms with Crippen molar-refractivity contribution in [3.63, 3.8) is 0 Å².